The molecule has 1 amide bonds. The topological polar surface area (TPSA) is 69.6 Å². The lowest BCUT2D eigenvalue weighted by molar-refractivity contribution is -0.142. The molecule has 1 fully saturated rings. The zero-order valence-corrected chi connectivity index (χ0v) is 15.0. The molecule has 1 aromatic carbocycles. The molecule has 132 valence electrons. The molecule has 25 heavy (non-hydrogen) atoms. The van der Waals surface area contributed by atoms with Crippen LogP contribution in [0.3, 0.4) is 0 Å². The monoisotopic (exact) mass is 358 g/mol. The molecule has 2 aromatic rings. The van der Waals surface area contributed by atoms with Gasteiger partial charge in [0.25, 0.3) is 0 Å². The number of likely N-dealkylation sites (tertiary alicyclic amines) is 1. The summed E-state index contributed by atoms with van der Waals surface area (Å²) in [5, 5.41) is 14.3. The lowest BCUT2D eigenvalue weighted by Gasteiger charge is -2.23. The minimum atomic E-state index is -0.848. The van der Waals surface area contributed by atoms with E-state index in [1.54, 1.807) is 16.2 Å². The van der Waals surface area contributed by atoms with Crippen LogP contribution in [0.2, 0.25) is 0 Å². The van der Waals surface area contributed by atoms with Crippen LogP contribution < -0.4 is 5.32 Å². The first kappa shape index (κ1) is 17.6. The van der Waals surface area contributed by atoms with Gasteiger partial charge in [-0.15, -0.1) is 11.3 Å². The van der Waals surface area contributed by atoms with E-state index in [4.69, 9.17) is 0 Å². The van der Waals surface area contributed by atoms with E-state index in [9.17, 15) is 14.7 Å². The van der Waals surface area contributed by atoms with Crippen LogP contribution >= 0.6 is 11.3 Å². The number of benzene rings is 1. The van der Waals surface area contributed by atoms with Gasteiger partial charge in [0.15, 0.2) is 0 Å². The SMILES string of the molecule is Cc1ccc(C(NC(=O)CN2CCC[C@@H]2C(=O)O)c2cccs2)cc1. The van der Waals surface area contributed by atoms with Gasteiger partial charge in [0.1, 0.15) is 6.04 Å². The summed E-state index contributed by atoms with van der Waals surface area (Å²) in [6.07, 6.45) is 1.42. The summed E-state index contributed by atoms with van der Waals surface area (Å²) in [6.45, 7) is 2.80. The van der Waals surface area contributed by atoms with Crippen molar-refractivity contribution in [3.05, 3.63) is 57.8 Å². The summed E-state index contributed by atoms with van der Waals surface area (Å²) in [5.41, 5.74) is 2.19. The van der Waals surface area contributed by atoms with Gasteiger partial charge in [-0.3, -0.25) is 14.5 Å². The highest BCUT2D eigenvalue weighted by atomic mass is 32.1. The number of nitrogens with zero attached hydrogens (tertiary/aromatic N) is 1. The number of hydrogen-bond acceptors (Lipinski definition) is 4. The first-order valence-corrected chi connectivity index (χ1v) is 9.29. The number of aryl methyl sites for hydroxylation is 1. The predicted octanol–water partition coefficient (Wildman–Crippen LogP) is 2.81. The van der Waals surface area contributed by atoms with Gasteiger partial charge in [-0.05, 0) is 43.3 Å². The summed E-state index contributed by atoms with van der Waals surface area (Å²) in [7, 11) is 0. The van der Waals surface area contributed by atoms with Crippen molar-refractivity contribution in [1.29, 1.82) is 0 Å². The zero-order chi connectivity index (χ0) is 17.8. The van der Waals surface area contributed by atoms with Crippen molar-refractivity contribution >= 4 is 23.2 Å². The second kappa shape index (κ2) is 7.80. The Hall–Kier alpha value is -2.18. The lowest BCUT2D eigenvalue weighted by Crippen LogP contribution is -2.43. The Morgan fingerprint density at radius 1 is 1.32 bits per heavy atom. The van der Waals surface area contributed by atoms with Crippen molar-refractivity contribution < 1.29 is 14.7 Å². The van der Waals surface area contributed by atoms with E-state index in [0.717, 1.165) is 16.9 Å². The molecule has 0 saturated carbocycles. The minimum Gasteiger partial charge on any atom is -0.480 e. The Morgan fingerprint density at radius 3 is 2.72 bits per heavy atom. The van der Waals surface area contributed by atoms with Crippen molar-refractivity contribution in [2.45, 2.75) is 31.8 Å². The predicted molar refractivity (Wildman–Crippen MR) is 97.7 cm³/mol. The molecule has 2 atom stereocenters. The van der Waals surface area contributed by atoms with Gasteiger partial charge in [-0.1, -0.05) is 35.9 Å². The maximum atomic E-state index is 12.6. The van der Waals surface area contributed by atoms with Crippen LogP contribution in [0, 0.1) is 6.92 Å². The van der Waals surface area contributed by atoms with Gasteiger partial charge >= 0.3 is 5.97 Å². The zero-order valence-electron chi connectivity index (χ0n) is 14.1. The number of thiophene rings is 1. The highest BCUT2D eigenvalue weighted by Crippen LogP contribution is 2.26. The fourth-order valence-electron chi connectivity index (χ4n) is 3.22. The lowest BCUT2D eigenvalue weighted by atomic mass is 10.0. The molecule has 0 aliphatic carbocycles. The molecular formula is C19H22N2O3S. The molecule has 1 aromatic heterocycles. The molecular weight excluding hydrogens is 336 g/mol. The maximum absolute atomic E-state index is 12.6. The normalized spacial score (nSPS) is 18.8. The Kier molecular flexibility index (Phi) is 5.50. The van der Waals surface area contributed by atoms with Gasteiger partial charge in [0.05, 0.1) is 12.6 Å². The summed E-state index contributed by atoms with van der Waals surface area (Å²) in [5.74, 6) is -0.995. The van der Waals surface area contributed by atoms with Crippen molar-refractivity contribution in [1.82, 2.24) is 10.2 Å². The highest BCUT2D eigenvalue weighted by Gasteiger charge is 2.32. The van der Waals surface area contributed by atoms with Gasteiger partial charge < -0.3 is 10.4 Å². The minimum absolute atomic E-state index is 0.116. The van der Waals surface area contributed by atoms with Crippen molar-refractivity contribution in [3.8, 4) is 0 Å². The van der Waals surface area contributed by atoms with Crippen LogP contribution in [0.4, 0.5) is 0 Å². The van der Waals surface area contributed by atoms with Crippen molar-refractivity contribution in [2.75, 3.05) is 13.1 Å². The Morgan fingerprint density at radius 2 is 2.08 bits per heavy atom. The van der Waals surface area contributed by atoms with Crippen LogP contribution in [0.15, 0.2) is 41.8 Å². The summed E-state index contributed by atoms with van der Waals surface area (Å²) < 4.78 is 0. The molecule has 0 bridgehead atoms. The van der Waals surface area contributed by atoms with Gasteiger partial charge in [0, 0.05) is 4.88 Å². The molecule has 6 heteroatoms. The third-order valence-corrected chi connectivity index (χ3v) is 5.48. The number of carboxylic acids is 1. The molecule has 0 spiro atoms. The maximum Gasteiger partial charge on any atom is 0.320 e. The summed E-state index contributed by atoms with van der Waals surface area (Å²) in [4.78, 5) is 26.7. The first-order valence-electron chi connectivity index (χ1n) is 8.41. The fraction of sp³-hybridized carbons (Fsp3) is 0.368. The largest absolute Gasteiger partial charge is 0.480 e. The molecule has 1 aliphatic heterocycles. The molecule has 2 heterocycles. The second-order valence-corrected chi connectivity index (χ2v) is 7.37. The van der Waals surface area contributed by atoms with E-state index in [1.165, 1.54) is 5.56 Å². The molecule has 1 aliphatic rings. The van der Waals surface area contributed by atoms with Crippen molar-refractivity contribution in [3.63, 3.8) is 0 Å². The standard InChI is InChI=1S/C19H22N2O3S/c1-13-6-8-14(9-7-13)18(16-5-3-11-25-16)20-17(22)12-21-10-2-4-15(21)19(23)24/h3,5-9,11,15,18H,2,4,10,12H2,1H3,(H,20,22)(H,23,24)/t15-,18?/m1/s1. The van der Waals surface area contributed by atoms with Crippen molar-refractivity contribution in [2.24, 2.45) is 0 Å². The Labute approximate surface area is 151 Å². The number of hydrogen-bond donors (Lipinski definition) is 2. The second-order valence-electron chi connectivity index (χ2n) is 6.39. The van der Waals surface area contributed by atoms with Gasteiger partial charge in [-0.2, -0.15) is 0 Å². The number of amides is 1. The van der Waals surface area contributed by atoms with Crippen LogP contribution in [-0.4, -0.2) is 41.0 Å². The van der Waals surface area contributed by atoms with Crippen LogP contribution in [0.5, 0.6) is 0 Å². The molecule has 5 nitrogen and oxygen atoms in total. The third-order valence-electron chi connectivity index (χ3n) is 4.54. The third kappa shape index (κ3) is 4.27. The smallest absolute Gasteiger partial charge is 0.320 e. The van der Waals surface area contributed by atoms with E-state index < -0.39 is 12.0 Å². The summed E-state index contributed by atoms with van der Waals surface area (Å²) in [6, 6.07) is 11.3. The first-order chi connectivity index (χ1) is 12.0. The van der Waals surface area contributed by atoms with Gasteiger partial charge in [0.2, 0.25) is 5.91 Å². The van der Waals surface area contributed by atoms with E-state index in [0.29, 0.717) is 13.0 Å². The number of aliphatic carboxylic acids is 1. The average molecular weight is 358 g/mol. The Balaban J connectivity index is 1.73. The molecule has 2 N–H and O–H groups in total. The molecule has 1 unspecified atom stereocenters. The number of carboxylic acid groups (broad SMARTS) is 1. The van der Waals surface area contributed by atoms with E-state index in [2.05, 4.69) is 5.32 Å². The van der Waals surface area contributed by atoms with Crippen LogP contribution in [-0.2, 0) is 9.59 Å². The fourth-order valence-corrected chi connectivity index (χ4v) is 4.02. The molecule has 1 saturated heterocycles. The summed E-state index contributed by atoms with van der Waals surface area (Å²) >= 11 is 1.60. The quantitative estimate of drug-likeness (QED) is 0.833. The van der Waals surface area contributed by atoms with Gasteiger partial charge in [-0.25, -0.2) is 0 Å². The van der Waals surface area contributed by atoms with E-state index >= 15 is 0 Å². The number of nitrogens with one attached hydrogen (secondary N) is 1. The Bertz CT molecular complexity index is 728. The highest BCUT2D eigenvalue weighted by molar-refractivity contribution is 7.10. The van der Waals surface area contributed by atoms with Crippen LogP contribution in [0.1, 0.15) is 34.9 Å². The number of carbonyl (C=O) groups is 2. The van der Waals surface area contributed by atoms with E-state index in [-0.39, 0.29) is 18.5 Å². The van der Waals surface area contributed by atoms with Crippen LogP contribution in [0.25, 0.3) is 0 Å². The average Bonchev–Trinajstić information content (AvgIpc) is 3.25. The molecule has 3 rings (SSSR count). The molecule has 0 radical (unpaired) electrons. The number of carbonyl (C=O) groups excluding carboxylic acids is 1. The van der Waals surface area contributed by atoms with E-state index in [1.807, 2.05) is 48.7 Å². The number of rotatable bonds is 6.